The molecular weight excluding hydrogens is 326 g/mol. The second-order valence-electron chi connectivity index (χ2n) is 5.67. The van der Waals surface area contributed by atoms with Gasteiger partial charge >= 0.3 is 6.03 Å². The van der Waals surface area contributed by atoms with E-state index in [-0.39, 0.29) is 12.1 Å². The highest BCUT2D eigenvalue weighted by atomic mass is 32.1. The molecule has 1 unspecified atom stereocenters. The number of methoxy groups -OCH3 is 1. The predicted octanol–water partition coefficient (Wildman–Crippen LogP) is 3.05. The van der Waals surface area contributed by atoms with E-state index in [9.17, 15) is 4.79 Å². The molecule has 1 aliphatic carbocycles. The van der Waals surface area contributed by atoms with Crippen molar-refractivity contribution in [1.29, 1.82) is 0 Å². The smallest absolute Gasteiger partial charge is 0.323 e. The van der Waals surface area contributed by atoms with Crippen molar-refractivity contribution in [2.75, 3.05) is 19.5 Å². The summed E-state index contributed by atoms with van der Waals surface area (Å²) in [4.78, 5) is 28.2. The summed E-state index contributed by atoms with van der Waals surface area (Å²) in [5.74, 6) is 0.839. The van der Waals surface area contributed by atoms with Gasteiger partial charge in [-0.1, -0.05) is 6.92 Å². The normalized spacial score (nSPS) is 16.4. The topological polar surface area (TPSA) is 80.2 Å². The third-order valence-electron chi connectivity index (χ3n) is 4.14. The number of thiazole rings is 1. The first-order valence-corrected chi connectivity index (χ1v) is 8.82. The van der Waals surface area contributed by atoms with Gasteiger partial charge in [-0.2, -0.15) is 0 Å². The quantitative estimate of drug-likeness (QED) is 0.919. The fourth-order valence-corrected chi connectivity index (χ4v) is 4.06. The molecule has 7 nitrogen and oxygen atoms in total. The molecule has 0 radical (unpaired) electrons. The van der Waals surface area contributed by atoms with Gasteiger partial charge in [-0.05, 0) is 25.7 Å². The number of nitrogens with zero attached hydrogens (tertiary/aromatic N) is 4. The summed E-state index contributed by atoms with van der Waals surface area (Å²) in [5, 5.41) is 3.95. The molecule has 1 atom stereocenters. The number of carbonyl (C=O) groups is 1. The van der Waals surface area contributed by atoms with E-state index in [1.807, 2.05) is 7.05 Å². The highest BCUT2D eigenvalue weighted by molar-refractivity contribution is 7.11. The van der Waals surface area contributed by atoms with E-state index < -0.39 is 0 Å². The van der Waals surface area contributed by atoms with Gasteiger partial charge in [0, 0.05) is 13.1 Å². The molecule has 0 saturated heterocycles. The monoisotopic (exact) mass is 347 g/mol. The van der Waals surface area contributed by atoms with Crippen molar-refractivity contribution in [3.05, 3.63) is 28.0 Å². The number of nitrogens with one attached hydrogen (secondary N) is 1. The number of rotatable bonds is 4. The molecule has 0 fully saturated rings. The van der Waals surface area contributed by atoms with E-state index >= 15 is 0 Å². The van der Waals surface area contributed by atoms with Crippen molar-refractivity contribution in [2.45, 2.75) is 38.6 Å². The Morgan fingerprint density at radius 2 is 2.33 bits per heavy atom. The van der Waals surface area contributed by atoms with Crippen LogP contribution in [0.3, 0.4) is 0 Å². The Balaban J connectivity index is 1.75. The van der Waals surface area contributed by atoms with Crippen LogP contribution in [0.5, 0.6) is 5.88 Å². The van der Waals surface area contributed by atoms with Crippen LogP contribution >= 0.6 is 11.3 Å². The lowest BCUT2D eigenvalue weighted by Crippen LogP contribution is -2.36. The van der Waals surface area contributed by atoms with Crippen LogP contribution in [-0.2, 0) is 12.8 Å². The molecule has 0 bridgehead atoms. The Hall–Kier alpha value is -2.22. The zero-order valence-corrected chi connectivity index (χ0v) is 14.9. The van der Waals surface area contributed by atoms with Crippen LogP contribution in [0.1, 0.15) is 41.4 Å². The fraction of sp³-hybridized carbons (Fsp3) is 0.500. The number of anilines is 1. The number of carbonyl (C=O) groups excluding carboxylic acids is 1. The average molecular weight is 347 g/mol. The van der Waals surface area contributed by atoms with Gasteiger partial charge in [0.05, 0.1) is 28.7 Å². The van der Waals surface area contributed by atoms with Crippen molar-refractivity contribution in [2.24, 2.45) is 0 Å². The molecule has 2 heterocycles. The van der Waals surface area contributed by atoms with E-state index in [4.69, 9.17) is 9.72 Å². The first kappa shape index (κ1) is 16.6. The second-order valence-corrected chi connectivity index (χ2v) is 6.78. The van der Waals surface area contributed by atoms with Gasteiger partial charge in [0.25, 0.3) is 0 Å². The summed E-state index contributed by atoms with van der Waals surface area (Å²) in [7, 11) is 3.34. The molecule has 2 amide bonds. The Labute approximate surface area is 145 Å². The molecule has 8 heteroatoms. The number of ether oxygens (including phenoxy) is 1. The van der Waals surface area contributed by atoms with Gasteiger partial charge in [0.15, 0.2) is 0 Å². The van der Waals surface area contributed by atoms with Gasteiger partial charge in [0.2, 0.25) is 5.88 Å². The highest BCUT2D eigenvalue weighted by Crippen LogP contribution is 2.37. The standard InChI is InChI=1S/C16H21N5O2S/c1-4-14-19-10-6-5-7-11(15(10)24-14)21(2)16(22)20-12-8-13(23-3)18-9-17-12/h8-9,11H,4-7H2,1-3H3,(H,17,18,20,22). The molecule has 0 spiro atoms. The maximum atomic E-state index is 12.6. The van der Waals surface area contributed by atoms with Crippen molar-refractivity contribution >= 4 is 23.2 Å². The third-order valence-corrected chi connectivity index (χ3v) is 5.49. The summed E-state index contributed by atoms with van der Waals surface area (Å²) >= 11 is 1.72. The summed E-state index contributed by atoms with van der Waals surface area (Å²) < 4.78 is 5.05. The fourth-order valence-electron chi connectivity index (χ4n) is 2.83. The number of amides is 2. The van der Waals surface area contributed by atoms with Crippen LogP contribution in [0, 0.1) is 0 Å². The summed E-state index contributed by atoms with van der Waals surface area (Å²) in [6.45, 7) is 2.11. The number of hydrogen-bond donors (Lipinski definition) is 1. The number of fused-ring (bicyclic) bond motifs is 1. The number of aromatic nitrogens is 3. The molecule has 0 saturated carbocycles. The summed E-state index contributed by atoms with van der Waals surface area (Å²) in [5.41, 5.74) is 1.15. The van der Waals surface area contributed by atoms with Gasteiger partial charge in [-0.15, -0.1) is 11.3 Å². The second kappa shape index (κ2) is 7.12. The lowest BCUT2D eigenvalue weighted by atomic mass is 9.97. The Morgan fingerprint density at radius 3 is 3.08 bits per heavy atom. The Kier molecular flexibility index (Phi) is 4.94. The summed E-state index contributed by atoms with van der Waals surface area (Å²) in [6.07, 6.45) is 5.30. The maximum Gasteiger partial charge on any atom is 0.323 e. The van der Waals surface area contributed by atoms with Crippen LogP contribution in [0.25, 0.3) is 0 Å². The van der Waals surface area contributed by atoms with Crippen molar-refractivity contribution < 1.29 is 9.53 Å². The van der Waals surface area contributed by atoms with Gasteiger partial charge in [-0.25, -0.2) is 19.7 Å². The molecule has 0 aliphatic heterocycles. The van der Waals surface area contributed by atoms with E-state index in [2.05, 4.69) is 22.2 Å². The van der Waals surface area contributed by atoms with E-state index in [0.717, 1.165) is 36.4 Å². The van der Waals surface area contributed by atoms with Gasteiger partial charge in [0.1, 0.15) is 12.1 Å². The molecule has 1 N–H and O–H groups in total. The SMILES string of the molecule is CCc1nc2c(s1)C(N(C)C(=O)Nc1cc(OC)ncn1)CCC2. The van der Waals surface area contributed by atoms with Crippen LogP contribution in [0.4, 0.5) is 10.6 Å². The largest absolute Gasteiger partial charge is 0.481 e. The number of urea groups is 1. The maximum absolute atomic E-state index is 12.6. The van der Waals surface area contributed by atoms with Crippen molar-refractivity contribution in [1.82, 2.24) is 19.9 Å². The van der Waals surface area contributed by atoms with Gasteiger partial charge in [-0.3, -0.25) is 5.32 Å². The van der Waals surface area contributed by atoms with Crippen LogP contribution < -0.4 is 10.1 Å². The summed E-state index contributed by atoms with van der Waals surface area (Å²) in [6, 6.07) is 1.47. The lowest BCUT2D eigenvalue weighted by Gasteiger charge is -2.30. The molecule has 128 valence electrons. The molecule has 1 aliphatic rings. The Morgan fingerprint density at radius 1 is 1.50 bits per heavy atom. The highest BCUT2D eigenvalue weighted by Gasteiger charge is 2.30. The first-order valence-electron chi connectivity index (χ1n) is 8.00. The van der Waals surface area contributed by atoms with Crippen molar-refractivity contribution in [3.8, 4) is 5.88 Å². The van der Waals surface area contributed by atoms with Crippen LogP contribution in [0.15, 0.2) is 12.4 Å². The van der Waals surface area contributed by atoms with Crippen LogP contribution in [0.2, 0.25) is 0 Å². The van der Waals surface area contributed by atoms with Crippen LogP contribution in [-0.4, -0.2) is 40.0 Å². The predicted molar refractivity (Wildman–Crippen MR) is 92.5 cm³/mol. The zero-order valence-electron chi connectivity index (χ0n) is 14.1. The molecule has 0 aromatic carbocycles. The first-order chi connectivity index (χ1) is 11.6. The van der Waals surface area contributed by atoms with Crippen molar-refractivity contribution in [3.63, 3.8) is 0 Å². The Bertz CT molecular complexity index is 733. The molecule has 2 aromatic rings. The lowest BCUT2D eigenvalue weighted by molar-refractivity contribution is 0.198. The number of aryl methyl sites for hydroxylation is 2. The average Bonchev–Trinajstić information content (AvgIpc) is 3.04. The molecular formula is C16H21N5O2S. The zero-order chi connectivity index (χ0) is 17.1. The molecule has 3 rings (SSSR count). The minimum absolute atomic E-state index is 0.0651. The molecule has 24 heavy (non-hydrogen) atoms. The van der Waals surface area contributed by atoms with E-state index in [0.29, 0.717) is 11.7 Å². The minimum Gasteiger partial charge on any atom is -0.481 e. The molecule has 2 aromatic heterocycles. The third kappa shape index (κ3) is 3.33. The number of hydrogen-bond acceptors (Lipinski definition) is 6. The van der Waals surface area contributed by atoms with Gasteiger partial charge < -0.3 is 9.64 Å². The van der Waals surface area contributed by atoms with E-state index in [1.54, 1.807) is 22.3 Å². The van der Waals surface area contributed by atoms with E-state index in [1.165, 1.54) is 18.3 Å². The minimum atomic E-state index is -0.194.